The molecule has 0 aromatic heterocycles. The van der Waals surface area contributed by atoms with Crippen LogP contribution in [0.4, 0.5) is 5.69 Å². The Labute approximate surface area is 137 Å². The van der Waals surface area contributed by atoms with Crippen LogP contribution in [-0.4, -0.2) is 13.1 Å². The summed E-state index contributed by atoms with van der Waals surface area (Å²) in [7, 11) is 1.68. The third-order valence-corrected chi connectivity index (χ3v) is 4.28. The maximum absolute atomic E-state index is 6.01. The van der Waals surface area contributed by atoms with Crippen molar-refractivity contribution < 1.29 is 4.74 Å². The van der Waals surface area contributed by atoms with Crippen LogP contribution >= 0.6 is 0 Å². The normalized spacial score (nSPS) is 13.7. The van der Waals surface area contributed by atoms with Crippen LogP contribution in [0.2, 0.25) is 0 Å². The van der Waals surface area contributed by atoms with Crippen molar-refractivity contribution in [1.82, 2.24) is 0 Å². The number of aliphatic imine (C=N–C) groups is 1. The van der Waals surface area contributed by atoms with Gasteiger partial charge in [0.05, 0.1) is 13.7 Å². The molecule has 0 unspecified atom stereocenters. The zero-order valence-corrected chi connectivity index (χ0v) is 13.7. The van der Waals surface area contributed by atoms with Gasteiger partial charge in [0.1, 0.15) is 5.75 Å². The van der Waals surface area contributed by atoms with Crippen molar-refractivity contribution in [3.63, 3.8) is 0 Å². The molecule has 0 bridgehead atoms. The second-order valence-corrected chi connectivity index (χ2v) is 5.97. The summed E-state index contributed by atoms with van der Waals surface area (Å²) in [5, 5.41) is 3.18. The Kier molecular flexibility index (Phi) is 4.51. The van der Waals surface area contributed by atoms with Gasteiger partial charge in [0.15, 0.2) is 5.96 Å². The number of aryl methyl sites for hydroxylation is 3. The van der Waals surface area contributed by atoms with Gasteiger partial charge in [-0.3, -0.25) is 0 Å². The summed E-state index contributed by atoms with van der Waals surface area (Å²) < 4.78 is 5.34. The number of guanidine groups is 1. The Morgan fingerprint density at radius 1 is 1.17 bits per heavy atom. The Morgan fingerprint density at radius 3 is 2.83 bits per heavy atom. The van der Waals surface area contributed by atoms with Gasteiger partial charge in [-0.1, -0.05) is 18.2 Å². The van der Waals surface area contributed by atoms with E-state index in [0.29, 0.717) is 12.5 Å². The van der Waals surface area contributed by atoms with Crippen molar-refractivity contribution in [3.8, 4) is 5.75 Å². The zero-order chi connectivity index (χ0) is 16.2. The number of rotatable bonds is 4. The average Bonchev–Trinajstić information content (AvgIpc) is 3.01. The highest BCUT2D eigenvalue weighted by Gasteiger charge is 2.10. The van der Waals surface area contributed by atoms with Crippen LogP contribution < -0.4 is 15.8 Å². The van der Waals surface area contributed by atoms with Crippen molar-refractivity contribution >= 4 is 11.6 Å². The maximum Gasteiger partial charge on any atom is 0.193 e. The van der Waals surface area contributed by atoms with Crippen molar-refractivity contribution in [1.29, 1.82) is 0 Å². The predicted molar refractivity (Wildman–Crippen MR) is 95.1 cm³/mol. The van der Waals surface area contributed by atoms with Gasteiger partial charge >= 0.3 is 0 Å². The second-order valence-electron chi connectivity index (χ2n) is 5.97. The first-order valence-electron chi connectivity index (χ1n) is 7.98. The molecule has 3 rings (SSSR count). The molecule has 0 fully saturated rings. The molecule has 23 heavy (non-hydrogen) atoms. The molecule has 0 amide bonds. The number of benzene rings is 2. The topological polar surface area (TPSA) is 59.6 Å². The summed E-state index contributed by atoms with van der Waals surface area (Å²) in [6, 6.07) is 12.5. The summed E-state index contributed by atoms with van der Waals surface area (Å²) in [5.74, 6) is 1.31. The monoisotopic (exact) mass is 309 g/mol. The zero-order valence-electron chi connectivity index (χ0n) is 13.7. The molecular formula is C19H23N3O. The van der Waals surface area contributed by atoms with Gasteiger partial charge < -0.3 is 15.8 Å². The lowest BCUT2D eigenvalue weighted by atomic mass is 10.1. The SMILES string of the molecule is COc1cc(CN=C(N)Nc2ccc3c(c2)CCC3)ccc1C. The quantitative estimate of drug-likeness (QED) is 0.672. The fourth-order valence-corrected chi connectivity index (χ4v) is 2.98. The fourth-order valence-electron chi connectivity index (χ4n) is 2.98. The van der Waals surface area contributed by atoms with Crippen LogP contribution in [0.25, 0.3) is 0 Å². The van der Waals surface area contributed by atoms with E-state index in [1.54, 1.807) is 7.11 Å². The van der Waals surface area contributed by atoms with Crippen LogP contribution in [-0.2, 0) is 19.4 Å². The number of fused-ring (bicyclic) bond motifs is 1. The van der Waals surface area contributed by atoms with E-state index >= 15 is 0 Å². The molecule has 0 spiro atoms. The highest BCUT2D eigenvalue weighted by molar-refractivity contribution is 5.92. The average molecular weight is 309 g/mol. The van der Waals surface area contributed by atoms with E-state index < -0.39 is 0 Å². The molecule has 4 heteroatoms. The van der Waals surface area contributed by atoms with Gasteiger partial charge in [-0.2, -0.15) is 0 Å². The van der Waals surface area contributed by atoms with E-state index in [-0.39, 0.29) is 0 Å². The molecule has 0 saturated carbocycles. The predicted octanol–water partition coefficient (Wildman–Crippen LogP) is 3.42. The van der Waals surface area contributed by atoms with Crippen molar-refractivity contribution in [2.75, 3.05) is 12.4 Å². The maximum atomic E-state index is 6.01. The lowest BCUT2D eigenvalue weighted by Gasteiger charge is -2.09. The first-order chi connectivity index (χ1) is 11.2. The molecule has 1 aliphatic carbocycles. The standard InChI is InChI=1S/C19H23N3O/c1-13-6-7-14(10-18(13)23-2)12-21-19(20)22-17-9-8-15-4-3-5-16(15)11-17/h6-11H,3-5,12H2,1-2H3,(H3,20,21,22). The Morgan fingerprint density at radius 2 is 2.00 bits per heavy atom. The number of ether oxygens (including phenoxy) is 1. The second kappa shape index (κ2) is 6.73. The number of methoxy groups -OCH3 is 1. The molecule has 2 aromatic carbocycles. The third kappa shape index (κ3) is 3.65. The number of nitrogens with two attached hydrogens (primary N) is 1. The van der Waals surface area contributed by atoms with Crippen LogP contribution in [0.3, 0.4) is 0 Å². The van der Waals surface area contributed by atoms with E-state index in [9.17, 15) is 0 Å². The highest BCUT2D eigenvalue weighted by Crippen LogP contribution is 2.25. The summed E-state index contributed by atoms with van der Waals surface area (Å²) >= 11 is 0. The van der Waals surface area contributed by atoms with Gasteiger partial charge in [-0.05, 0) is 66.6 Å². The molecule has 0 radical (unpaired) electrons. The molecular weight excluding hydrogens is 286 g/mol. The number of anilines is 1. The van der Waals surface area contributed by atoms with E-state index in [1.807, 2.05) is 25.1 Å². The number of nitrogens with zero attached hydrogens (tertiary/aromatic N) is 1. The molecule has 0 saturated heterocycles. The highest BCUT2D eigenvalue weighted by atomic mass is 16.5. The number of hydrogen-bond donors (Lipinski definition) is 2. The molecule has 120 valence electrons. The molecule has 3 N–H and O–H groups in total. The van der Waals surface area contributed by atoms with Gasteiger partial charge in [0.2, 0.25) is 0 Å². The smallest absolute Gasteiger partial charge is 0.193 e. The number of nitrogens with one attached hydrogen (secondary N) is 1. The van der Waals surface area contributed by atoms with Gasteiger partial charge in [-0.15, -0.1) is 0 Å². The summed E-state index contributed by atoms with van der Waals surface area (Å²) in [5.41, 5.74) is 12.1. The van der Waals surface area contributed by atoms with Crippen LogP contribution in [0.15, 0.2) is 41.4 Å². The largest absolute Gasteiger partial charge is 0.496 e. The van der Waals surface area contributed by atoms with Gasteiger partial charge in [0.25, 0.3) is 0 Å². The first-order valence-corrected chi connectivity index (χ1v) is 7.98. The minimum Gasteiger partial charge on any atom is -0.496 e. The molecule has 0 heterocycles. The number of hydrogen-bond acceptors (Lipinski definition) is 2. The minimum absolute atomic E-state index is 0.433. The Bertz CT molecular complexity index is 737. The summed E-state index contributed by atoms with van der Waals surface area (Å²) in [6.45, 7) is 2.55. The summed E-state index contributed by atoms with van der Waals surface area (Å²) in [4.78, 5) is 4.42. The van der Waals surface area contributed by atoms with Crippen molar-refractivity contribution in [2.45, 2.75) is 32.7 Å². The van der Waals surface area contributed by atoms with Crippen LogP contribution in [0.5, 0.6) is 5.75 Å². The van der Waals surface area contributed by atoms with Gasteiger partial charge in [-0.25, -0.2) is 4.99 Å². The Hall–Kier alpha value is -2.49. The van der Waals surface area contributed by atoms with Crippen molar-refractivity contribution in [2.24, 2.45) is 10.7 Å². The molecule has 2 aromatic rings. The van der Waals surface area contributed by atoms with Gasteiger partial charge in [0, 0.05) is 5.69 Å². The molecule has 1 aliphatic rings. The summed E-state index contributed by atoms with van der Waals surface area (Å²) in [6.07, 6.45) is 3.59. The van der Waals surface area contributed by atoms with E-state index in [4.69, 9.17) is 10.5 Å². The first kappa shape index (κ1) is 15.4. The van der Waals surface area contributed by atoms with E-state index in [1.165, 1.54) is 24.0 Å². The minimum atomic E-state index is 0.433. The van der Waals surface area contributed by atoms with Crippen LogP contribution in [0, 0.1) is 6.92 Å². The lowest BCUT2D eigenvalue weighted by molar-refractivity contribution is 0.411. The molecule has 4 nitrogen and oxygen atoms in total. The lowest BCUT2D eigenvalue weighted by Crippen LogP contribution is -2.22. The van der Waals surface area contributed by atoms with Crippen molar-refractivity contribution in [3.05, 3.63) is 58.7 Å². The third-order valence-electron chi connectivity index (χ3n) is 4.28. The fraction of sp³-hybridized carbons (Fsp3) is 0.316. The molecule has 0 atom stereocenters. The van der Waals surface area contributed by atoms with E-state index in [0.717, 1.165) is 29.0 Å². The Balaban J connectivity index is 1.66. The molecule has 0 aliphatic heterocycles. The van der Waals surface area contributed by atoms with E-state index in [2.05, 4.69) is 28.5 Å². The van der Waals surface area contributed by atoms with Crippen LogP contribution in [0.1, 0.15) is 28.7 Å².